The van der Waals surface area contributed by atoms with Crippen molar-refractivity contribution < 1.29 is 14.2 Å². The predicted octanol–water partition coefficient (Wildman–Crippen LogP) is 3.51. The van der Waals surface area contributed by atoms with E-state index in [2.05, 4.69) is 6.07 Å². The molecule has 1 aliphatic carbocycles. The summed E-state index contributed by atoms with van der Waals surface area (Å²) in [6.07, 6.45) is 4.26. The lowest BCUT2D eigenvalue weighted by Gasteiger charge is -2.29. The van der Waals surface area contributed by atoms with E-state index in [1.54, 1.807) is 21.3 Å². The number of nitriles is 1. The SMILES string of the molecule is COc1ccc([C@@H]2CCCC[C@H]2C#N)c(OC)c1OC. The van der Waals surface area contributed by atoms with Gasteiger partial charge in [0.25, 0.3) is 0 Å². The molecule has 1 aliphatic rings. The maximum atomic E-state index is 9.37. The maximum absolute atomic E-state index is 9.37. The Kier molecular flexibility index (Phi) is 4.73. The Hall–Kier alpha value is -1.89. The van der Waals surface area contributed by atoms with Gasteiger partial charge in [-0.2, -0.15) is 5.26 Å². The molecule has 108 valence electrons. The normalized spacial score (nSPS) is 21.9. The van der Waals surface area contributed by atoms with Crippen LogP contribution in [0.1, 0.15) is 37.2 Å². The lowest BCUT2D eigenvalue weighted by atomic mass is 9.76. The second-order valence-electron chi connectivity index (χ2n) is 5.05. The molecule has 0 aliphatic heterocycles. The standard InChI is InChI=1S/C16H21NO3/c1-18-14-9-8-13(15(19-2)16(14)20-3)12-7-5-4-6-11(12)10-17/h8-9,11-12H,4-7H2,1-3H3/t11-,12+/m0/s1. The molecule has 2 atom stereocenters. The van der Waals surface area contributed by atoms with E-state index >= 15 is 0 Å². The Balaban J connectivity index is 2.48. The highest BCUT2D eigenvalue weighted by molar-refractivity contribution is 5.57. The van der Waals surface area contributed by atoms with Crippen molar-refractivity contribution in [2.24, 2.45) is 5.92 Å². The van der Waals surface area contributed by atoms with Crippen LogP contribution in [0.5, 0.6) is 17.2 Å². The molecular weight excluding hydrogens is 254 g/mol. The summed E-state index contributed by atoms with van der Waals surface area (Å²) >= 11 is 0. The second kappa shape index (κ2) is 6.51. The van der Waals surface area contributed by atoms with Crippen LogP contribution in [0, 0.1) is 17.2 Å². The van der Waals surface area contributed by atoms with E-state index in [4.69, 9.17) is 14.2 Å². The summed E-state index contributed by atoms with van der Waals surface area (Å²) in [6, 6.07) is 6.33. The quantitative estimate of drug-likeness (QED) is 0.843. The first kappa shape index (κ1) is 14.5. The number of ether oxygens (including phenoxy) is 3. The summed E-state index contributed by atoms with van der Waals surface area (Å²) in [7, 11) is 4.84. The van der Waals surface area contributed by atoms with Gasteiger partial charge in [-0.25, -0.2) is 0 Å². The van der Waals surface area contributed by atoms with E-state index in [0.717, 1.165) is 31.2 Å². The van der Waals surface area contributed by atoms with E-state index in [0.29, 0.717) is 17.2 Å². The zero-order chi connectivity index (χ0) is 14.5. The van der Waals surface area contributed by atoms with E-state index in [-0.39, 0.29) is 11.8 Å². The number of nitrogens with zero attached hydrogens (tertiary/aromatic N) is 1. The molecule has 1 aromatic carbocycles. The zero-order valence-corrected chi connectivity index (χ0v) is 12.3. The third kappa shape index (κ3) is 2.53. The van der Waals surface area contributed by atoms with Gasteiger partial charge in [-0.1, -0.05) is 18.9 Å². The minimum absolute atomic E-state index is 0.0516. The summed E-state index contributed by atoms with van der Waals surface area (Å²) in [6.45, 7) is 0. The highest BCUT2D eigenvalue weighted by Gasteiger charge is 2.30. The minimum atomic E-state index is 0.0516. The predicted molar refractivity (Wildman–Crippen MR) is 76.4 cm³/mol. The molecule has 1 aromatic rings. The van der Waals surface area contributed by atoms with Crippen LogP contribution in [0.25, 0.3) is 0 Å². The molecule has 0 saturated heterocycles. The molecule has 2 rings (SSSR count). The average Bonchev–Trinajstić information content (AvgIpc) is 2.53. The molecule has 4 nitrogen and oxygen atoms in total. The van der Waals surface area contributed by atoms with Crippen molar-refractivity contribution in [3.05, 3.63) is 17.7 Å². The number of hydrogen-bond donors (Lipinski definition) is 0. The van der Waals surface area contributed by atoms with Gasteiger partial charge in [0, 0.05) is 11.5 Å². The van der Waals surface area contributed by atoms with E-state index in [1.807, 2.05) is 12.1 Å². The Bertz CT molecular complexity index is 507. The van der Waals surface area contributed by atoms with Crippen LogP contribution in [-0.4, -0.2) is 21.3 Å². The van der Waals surface area contributed by atoms with Crippen molar-refractivity contribution in [3.63, 3.8) is 0 Å². The van der Waals surface area contributed by atoms with Gasteiger partial charge in [-0.3, -0.25) is 0 Å². The molecule has 1 fully saturated rings. The molecule has 0 N–H and O–H groups in total. The van der Waals surface area contributed by atoms with Crippen molar-refractivity contribution in [1.29, 1.82) is 5.26 Å². The average molecular weight is 275 g/mol. The third-order valence-corrected chi connectivity index (χ3v) is 4.07. The van der Waals surface area contributed by atoms with Crippen LogP contribution in [0.2, 0.25) is 0 Å². The number of rotatable bonds is 4. The maximum Gasteiger partial charge on any atom is 0.203 e. The molecule has 0 radical (unpaired) electrons. The first-order chi connectivity index (χ1) is 9.76. The first-order valence-corrected chi connectivity index (χ1v) is 6.95. The van der Waals surface area contributed by atoms with Gasteiger partial charge < -0.3 is 14.2 Å². The first-order valence-electron chi connectivity index (χ1n) is 6.95. The molecule has 0 heterocycles. The van der Waals surface area contributed by atoms with Gasteiger partial charge in [-0.05, 0) is 18.9 Å². The van der Waals surface area contributed by atoms with Crippen LogP contribution in [-0.2, 0) is 0 Å². The fourth-order valence-electron chi connectivity index (χ4n) is 3.07. The van der Waals surface area contributed by atoms with Crippen molar-refractivity contribution in [3.8, 4) is 23.3 Å². The van der Waals surface area contributed by atoms with Crippen molar-refractivity contribution in [1.82, 2.24) is 0 Å². The number of hydrogen-bond acceptors (Lipinski definition) is 4. The van der Waals surface area contributed by atoms with Crippen LogP contribution < -0.4 is 14.2 Å². The van der Waals surface area contributed by atoms with Gasteiger partial charge in [0.1, 0.15) is 0 Å². The number of benzene rings is 1. The fraction of sp³-hybridized carbons (Fsp3) is 0.562. The van der Waals surface area contributed by atoms with E-state index in [9.17, 15) is 5.26 Å². The Morgan fingerprint density at radius 1 is 1.00 bits per heavy atom. The van der Waals surface area contributed by atoms with Gasteiger partial charge in [0.05, 0.1) is 33.3 Å². The summed E-state index contributed by atoms with van der Waals surface area (Å²) in [5, 5.41) is 9.37. The molecule has 1 saturated carbocycles. The van der Waals surface area contributed by atoms with Crippen molar-refractivity contribution in [2.75, 3.05) is 21.3 Å². The monoisotopic (exact) mass is 275 g/mol. The van der Waals surface area contributed by atoms with Gasteiger partial charge in [-0.15, -0.1) is 0 Å². The summed E-state index contributed by atoms with van der Waals surface area (Å²) in [5.41, 5.74) is 1.05. The fourth-order valence-corrected chi connectivity index (χ4v) is 3.07. The molecule has 4 heteroatoms. The van der Waals surface area contributed by atoms with Gasteiger partial charge >= 0.3 is 0 Å². The highest BCUT2D eigenvalue weighted by Crippen LogP contribution is 2.47. The largest absolute Gasteiger partial charge is 0.493 e. The Labute approximate surface area is 120 Å². The van der Waals surface area contributed by atoms with Crippen LogP contribution in [0.15, 0.2) is 12.1 Å². The van der Waals surface area contributed by atoms with Crippen molar-refractivity contribution in [2.45, 2.75) is 31.6 Å². The highest BCUT2D eigenvalue weighted by atomic mass is 16.5. The molecule has 0 aromatic heterocycles. The number of methoxy groups -OCH3 is 3. The molecule has 0 spiro atoms. The summed E-state index contributed by atoms with van der Waals surface area (Å²) in [5.74, 6) is 2.21. The summed E-state index contributed by atoms with van der Waals surface area (Å²) in [4.78, 5) is 0. The topological polar surface area (TPSA) is 51.5 Å². The molecule has 0 bridgehead atoms. The molecule has 20 heavy (non-hydrogen) atoms. The van der Waals surface area contributed by atoms with Gasteiger partial charge in [0.2, 0.25) is 5.75 Å². The zero-order valence-electron chi connectivity index (χ0n) is 12.3. The molecule has 0 amide bonds. The van der Waals surface area contributed by atoms with Crippen LogP contribution in [0.4, 0.5) is 0 Å². The second-order valence-corrected chi connectivity index (χ2v) is 5.05. The summed E-state index contributed by atoms with van der Waals surface area (Å²) < 4.78 is 16.3. The Morgan fingerprint density at radius 3 is 2.30 bits per heavy atom. The van der Waals surface area contributed by atoms with E-state index in [1.165, 1.54) is 0 Å². The van der Waals surface area contributed by atoms with Crippen LogP contribution >= 0.6 is 0 Å². The van der Waals surface area contributed by atoms with Crippen LogP contribution in [0.3, 0.4) is 0 Å². The van der Waals surface area contributed by atoms with Gasteiger partial charge in [0.15, 0.2) is 11.5 Å². The van der Waals surface area contributed by atoms with Crippen molar-refractivity contribution >= 4 is 0 Å². The lowest BCUT2D eigenvalue weighted by Crippen LogP contribution is -2.17. The minimum Gasteiger partial charge on any atom is -0.493 e. The smallest absolute Gasteiger partial charge is 0.203 e. The van der Waals surface area contributed by atoms with E-state index < -0.39 is 0 Å². The molecule has 0 unspecified atom stereocenters. The third-order valence-electron chi connectivity index (χ3n) is 4.07. The Morgan fingerprint density at radius 2 is 1.70 bits per heavy atom. The molecular formula is C16H21NO3. The lowest BCUT2D eigenvalue weighted by molar-refractivity contribution is 0.310.